The summed E-state index contributed by atoms with van der Waals surface area (Å²) in [6.45, 7) is 3.55. The van der Waals surface area contributed by atoms with Gasteiger partial charge in [-0.15, -0.1) is 0 Å². The highest BCUT2D eigenvalue weighted by Crippen LogP contribution is 2.31. The van der Waals surface area contributed by atoms with Gasteiger partial charge in [-0.2, -0.15) is 5.10 Å². The number of aromatic nitrogens is 4. The Hall–Kier alpha value is -3.42. The molecule has 8 heteroatoms. The van der Waals surface area contributed by atoms with Crippen LogP contribution in [0.25, 0.3) is 11.3 Å². The van der Waals surface area contributed by atoms with E-state index in [1.165, 1.54) is 0 Å². The van der Waals surface area contributed by atoms with Gasteiger partial charge in [0.2, 0.25) is 0 Å². The average molecular weight is 436 g/mol. The Labute approximate surface area is 188 Å². The van der Waals surface area contributed by atoms with Crippen LogP contribution >= 0.6 is 0 Å². The lowest BCUT2D eigenvalue weighted by Gasteiger charge is -2.32. The summed E-state index contributed by atoms with van der Waals surface area (Å²) < 4.78 is 13.4. The zero-order valence-electron chi connectivity index (χ0n) is 18.7. The van der Waals surface area contributed by atoms with Crippen molar-refractivity contribution in [3.05, 3.63) is 55.2 Å². The molecular weight excluding hydrogens is 406 g/mol. The number of carbonyl (C=O) groups excluding carboxylic acids is 1. The molecule has 0 saturated heterocycles. The number of carbonyl (C=O) groups is 1. The van der Waals surface area contributed by atoms with Crippen LogP contribution in [0.15, 0.2) is 55.2 Å². The lowest BCUT2D eigenvalue weighted by atomic mass is 9.90. The lowest BCUT2D eigenvalue weighted by molar-refractivity contribution is -0.135. The summed E-state index contributed by atoms with van der Waals surface area (Å²) in [5.41, 5.74) is 0.836. The SMILES string of the molecule is COc1ccccc1OC(C)(C)C(=O)NC1CCC(n2cc(-c3ccncn3)cn2)CC1. The Bertz CT molecular complexity index is 1040. The van der Waals surface area contributed by atoms with Crippen molar-refractivity contribution in [3.8, 4) is 22.8 Å². The van der Waals surface area contributed by atoms with Crippen molar-refractivity contribution in [2.45, 2.75) is 57.2 Å². The molecule has 168 valence electrons. The van der Waals surface area contributed by atoms with Gasteiger partial charge in [0.05, 0.1) is 25.0 Å². The maximum atomic E-state index is 12.9. The highest BCUT2D eigenvalue weighted by Gasteiger charge is 2.33. The van der Waals surface area contributed by atoms with E-state index in [0.29, 0.717) is 17.5 Å². The predicted molar refractivity (Wildman–Crippen MR) is 120 cm³/mol. The van der Waals surface area contributed by atoms with Crippen molar-refractivity contribution in [2.24, 2.45) is 0 Å². The van der Waals surface area contributed by atoms with Gasteiger partial charge in [-0.05, 0) is 57.7 Å². The molecule has 1 aliphatic carbocycles. The van der Waals surface area contributed by atoms with Gasteiger partial charge in [-0.3, -0.25) is 9.48 Å². The molecule has 1 saturated carbocycles. The third-order valence-electron chi connectivity index (χ3n) is 5.87. The summed E-state index contributed by atoms with van der Waals surface area (Å²) in [7, 11) is 1.59. The molecule has 0 spiro atoms. The average Bonchev–Trinajstić information content (AvgIpc) is 3.31. The molecule has 4 rings (SSSR count). The summed E-state index contributed by atoms with van der Waals surface area (Å²) in [5.74, 6) is 1.03. The van der Waals surface area contributed by atoms with E-state index in [0.717, 1.165) is 36.9 Å². The molecule has 32 heavy (non-hydrogen) atoms. The molecule has 1 fully saturated rings. The molecule has 0 atom stereocenters. The van der Waals surface area contributed by atoms with E-state index >= 15 is 0 Å². The molecule has 0 bridgehead atoms. The van der Waals surface area contributed by atoms with Crippen molar-refractivity contribution in [1.82, 2.24) is 25.1 Å². The third kappa shape index (κ3) is 4.90. The van der Waals surface area contributed by atoms with E-state index in [1.54, 1.807) is 39.5 Å². The molecule has 0 unspecified atom stereocenters. The van der Waals surface area contributed by atoms with E-state index in [2.05, 4.69) is 20.4 Å². The van der Waals surface area contributed by atoms with Gasteiger partial charge < -0.3 is 14.8 Å². The number of rotatable bonds is 7. The van der Waals surface area contributed by atoms with Gasteiger partial charge in [0.1, 0.15) is 6.33 Å². The molecule has 2 heterocycles. The van der Waals surface area contributed by atoms with Gasteiger partial charge in [0.25, 0.3) is 5.91 Å². The lowest BCUT2D eigenvalue weighted by Crippen LogP contribution is -2.50. The molecule has 0 radical (unpaired) electrons. The van der Waals surface area contributed by atoms with Gasteiger partial charge in [-0.1, -0.05) is 12.1 Å². The van der Waals surface area contributed by atoms with Gasteiger partial charge in [-0.25, -0.2) is 9.97 Å². The number of amides is 1. The molecule has 1 aromatic carbocycles. The van der Waals surface area contributed by atoms with Crippen LogP contribution in [0.2, 0.25) is 0 Å². The van der Waals surface area contributed by atoms with E-state index in [-0.39, 0.29) is 11.9 Å². The number of ether oxygens (including phenoxy) is 2. The van der Waals surface area contributed by atoms with Crippen LogP contribution in [0.4, 0.5) is 0 Å². The number of benzene rings is 1. The number of hydrogen-bond acceptors (Lipinski definition) is 6. The van der Waals surface area contributed by atoms with Crippen LogP contribution in [0.5, 0.6) is 11.5 Å². The van der Waals surface area contributed by atoms with Crippen molar-refractivity contribution in [3.63, 3.8) is 0 Å². The number of nitrogens with one attached hydrogen (secondary N) is 1. The minimum atomic E-state index is -1.01. The topological polar surface area (TPSA) is 91.2 Å². The first-order valence-corrected chi connectivity index (χ1v) is 10.9. The third-order valence-corrected chi connectivity index (χ3v) is 5.87. The van der Waals surface area contributed by atoms with Crippen LogP contribution in [0, 0.1) is 0 Å². The Morgan fingerprint density at radius 2 is 1.88 bits per heavy atom. The maximum absolute atomic E-state index is 12.9. The Balaban J connectivity index is 1.32. The van der Waals surface area contributed by atoms with Crippen LogP contribution in [0.1, 0.15) is 45.6 Å². The number of hydrogen-bond donors (Lipinski definition) is 1. The fourth-order valence-corrected chi connectivity index (χ4v) is 4.00. The normalized spacial score (nSPS) is 18.7. The quantitative estimate of drug-likeness (QED) is 0.607. The second-order valence-electron chi connectivity index (χ2n) is 8.55. The highest BCUT2D eigenvalue weighted by atomic mass is 16.5. The molecular formula is C24H29N5O3. The van der Waals surface area contributed by atoms with E-state index in [4.69, 9.17) is 9.47 Å². The van der Waals surface area contributed by atoms with E-state index in [9.17, 15) is 4.79 Å². The molecule has 1 N–H and O–H groups in total. The predicted octanol–water partition coefficient (Wildman–Crippen LogP) is 3.81. The Morgan fingerprint density at radius 3 is 2.56 bits per heavy atom. The fraction of sp³-hybridized carbons (Fsp3) is 0.417. The number of methoxy groups -OCH3 is 1. The smallest absolute Gasteiger partial charge is 0.263 e. The zero-order chi connectivity index (χ0) is 22.6. The van der Waals surface area contributed by atoms with Crippen LogP contribution in [-0.4, -0.2) is 44.4 Å². The fourth-order valence-electron chi connectivity index (χ4n) is 4.00. The molecule has 1 amide bonds. The van der Waals surface area contributed by atoms with Crippen LogP contribution in [-0.2, 0) is 4.79 Å². The van der Waals surface area contributed by atoms with Gasteiger partial charge >= 0.3 is 0 Å². The summed E-state index contributed by atoms with van der Waals surface area (Å²) in [6.07, 6.45) is 10.8. The first-order valence-electron chi connectivity index (χ1n) is 10.9. The Kier molecular flexibility index (Phi) is 6.39. The van der Waals surface area contributed by atoms with Gasteiger partial charge in [0, 0.05) is 24.0 Å². The van der Waals surface area contributed by atoms with Crippen LogP contribution in [0.3, 0.4) is 0 Å². The maximum Gasteiger partial charge on any atom is 0.263 e. The van der Waals surface area contributed by atoms with E-state index < -0.39 is 5.60 Å². The monoisotopic (exact) mass is 435 g/mol. The molecule has 2 aromatic heterocycles. The van der Waals surface area contributed by atoms with Crippen molar-refractivity contribution in [1.29, 1.82) is 0 Å². The second kappa shape index (κ2) is 9.38. The molecule has 0 aliphatic heterocycles. The van der Waals surface area contributed by atoms with Crippen molar-refractivity contribution >= 4 is 5.91 Å². The minimum absolute atomic E-state index is 0.121. The second-order valence-corrected chi connectivity index (χ2v) is 8.55. The standard InChI is InChI=1S/C24H29N5O3/c1-24(2,32-22-7-5-4-6-21(22)31-3)23(30)28-18-8-10-19(11-9-18)29-15-17(14-27-29)20-12-13-25-16-26-20/h4-7,12-16,18-19H,8-11H2,1-3H3,(H,28,30). The Morgan fingerprint density at radius 1 is 1.12 bits per heavy atom. The molecule has 3 aromatic rings. The van der Waals surface area contributed by atoms with Crippen molar-refractivity contribution < 1.29 is 14.3 Å². The first kappa shape index (κ1) is 21.8. The summed E-state index contributed by atoms with van der Waals surface area (Å²) in [5, 5.41) is 7.71. The highest BCUT2D eigenvalue weighted by molar-refractivity contribution is 5.85. The summed E-state index contributed by atoms with van der Waals surface area (Å²) in [4.78, 5) is 21.2. The largest absolute Gasteiger partial charge is 0.493 e. The minimum Gasteiger partial charge on any atom is -0.493 e. The summed E-state index contributed by atoms with van der Waals surface area (Å²) >= 11 is 0. The van der Waals surface area contributed by atoms with Gasteiger partial charge in [0.15, 0.2) is 17.1 Å². The number of nitrogens with zero attached hydrogens (tertiary/aromatic N) is 4. The molecule has 8 nitrogen and oxygen atoms in total. The number of para-hydroxylation sites is 2. The van der Waals surface area contributed by atoms with E-state index in [1.807, 2.05) is 41.3 Å². The summed E-state index contributed by atoms with van der Waals surface area (Å²) in [6, 6.07) is 9.66. The zero-order valence-corrected chi connectivity index (χ0v) is 18.7. The van der Waals surface area contributed by atoms with Crippen molar-refractivity contribution in [2.75, 3.05) is 7.11 Å². The molecule has 1 aliphatic rings. The van der Waals surface area contributed by atoms with Crippen LogP contribution < -0.4 is 14.8 Å². The first-order chi connectivity index (χ1) is 15.5.